The van der Waals surface area contributed by atoms with Crippen LogP contribution in [0.15, 0.2) is 28.8 Å². The molecular formula is C15H20ClN3O. The van der Waals surface area contributed by atoms with Crippen LogP contribution in [-0.2, 0) is 0 Å². The summed E-state index contributed by atoms with van der Waals surface area (Å²) in [6.07, 6.45) is 0.950. The molecule has 0 fully saturated rings. The molecule has 0 bridgehead atoms. The average Bonchev–Trinajstić information content (AvgIpc) is 2.89. The first-order valence-electron chi connectivity index (χ1n) is 6.98. The van der Waals surface area contributed by atoms with Crippen molar-refractivity contribution in [3.05, 3.63) is 35.2 Å². The van der Waals surface area contributed by atoms with Gasteiger partial charge >= 0.3 is 0 Å². The van der Waals surface area contributed by atoms with Crippen LogP contribution in [0, 0.1) is 0 Å². The monoisotopic (exact) mass is 293 g/mol. The van der Waals surface area contributed by atoms with Crippen molar-refractivity contribution in [1.82, 2.24) is 15.5 Å². The number of halogens is 1. The van der Waals surface area contributed by atoms with Crippen LogP contribution < -0.4 is 5.32 Å². The first-order chi connectivity index (χ1) is 9.65. The zero-order chi connectivity index (χ0) is 14.5. The van der Waals surface area contributed by atoms with Crippen molar-refractivity contribution < 1.29 is 4.52 Å². The van der Waals surface area contributed by atoms with Crippen LogP contribution in [0.25, 0.3) is 11.4 Å². The van der Waals surface area contributed by atoms with Crippen LogP contribution >= 0.6 is 11.6 Å². The van der Waals surface area contributed by atoms with Crippen molar-refractivity contribution in [3.63, 3.8) is 0 Å². The number of rotatable bonds is 6. The smallest absolute Gasteiger partial charge is 0.231 e. The van der Waals surface area contributed by atoms with Gasteiger partial charge in [0, 0.05) is 16.6 Å². The van der Waals surface area contributed by atoms with E-state index in [1.165, 1.54) is 0 Å². The Morgan fingerprint density at radius 2 is 2.15 bits per heavy atom. The van der Waals surface area contributed by atoms with Gasteiger partial charge in [0.25, 0.3) is 0 Å². The normalized spacial score (nSPS) is 14.2. The Morgan fingerprint density at radius 1 is 1.35 bits per heavy atom. The average molecular weight is 294 g/mol. The van der Waals surface area contributed by atoms with Crippen LogP contribution in [0.3, 0.4) is 0 Å². The fraction of sp³-hybridized carbons (Fsp3) is 0.467. The largest absolute Gasteiger partial charge is 0.339 e. The molecule has 1 heterocycles. The molecule has 108 valence electrons. The van der Waals surface area contributed by atoms with E-state index in [0.29, 0.717) is 22.8 Å². The molecule has 0 saturated carbocycles. The Morgan fingerprint density at radius 3 is 2.80 bits per heavy atom. The lowest BCUT2D eigenvalue weighted by atomic mass is 9.98. The third-order valence-corrected chi connectivity index (χ3v) is 3.65. The van der Waals surface area contributed by atoms with Gasteiger partial charge in [-0.2, -0.15) is 4.98 Å². The lowest BCUT2D eigenvalue weighted by molar-refractivity contribution is 0.318. The second kappa shape index (κ2) is 6.86. The first kappa shape index (κ1) is 15.0. The molecule has 0 aliphatic rings. The number of likely N-dealkylation sites (N-methyl/N-ethyl adjacent to an activating group) is 1. The fourth-order valence-corrected chi connectivity index (χ4v) is 2.53. The second-order valence-electron chi connectivity index (χ2n) is 4.83. The summed E-state index contributed by atoms with van der Waals surface area (Å²) in [6, 6.07) is 7.78. The third-order valence-electron chi connectivity index (χ3n) is 3.41. The van der Waals surface area contributed by atoms with Gasteiger partial charge in [0.15, 0.2) is 0 Å². The van der Waals surface area contributed by atoms with Crippen molar-refractivity contribution in [1.29, 1.82) is 0 Å². The molecule has 2 rings (SSSR count). The van der Waals surface area contributed by atoms with Gasteiger partial charge in [0.05, 0.1) is 5.92 Å². The SMILES string of the molecule is CCNC(C)C(CC)c1nc(-c2cccc(Cl)c2)no1. The molecule has 0 radical (unpaired) electrons. The van der Waals surface area contributed by atoms with Crippen molar-refractivity contribution >= 4 is 11.6 Å². The molecule has 0 saturated heterocycles. The molecule has 5 heteroatoms. The van der Waals surface area contributed by atoms with Gasteiger partial charge in [-0.3, -0.25) is 0 Å². The second-order valence-corrected chi connectivity index (χ2v) is 5.26. The number of hydrogen-bond donors (Lipinski definition) is 1. The molecular weight excluding hydrogens is 274 g/mol. The Labute approximate surface area is 124 Å². The molecule has 1 N–H and O–H groups in total. The quantitative estimate of drug-likeness (QED) is 0.878. The van der Waals surface area contributed by atoms with Crippen molar-refractivity contribution in [2.24, 2.45) is 0 Å². The highest BCUT2D eigenvalue weighted by atomic mass is 35.5. The summed E-state index contributed by atoms with van der Waals surface area (Å²) in [4.78, 5) is 4.52. The minimum absolute atomic E-state index is 0.218. The van der Waals surface area contributed by atoms with E-state index in [9.17, 15) is 0 Å². The van der Waals surface area contributed by atoms with Gasteiger partial charge < -0.3 is 9.84 Å². The summed E-state index contributed by atoms with van der Waals surface area (Å²) < 4.78 is 5.44. The minimum atomic E-state index is 0.218. The molecule has 2 aromatic rings. The van der Waals surface area contributed by atoms with Crippen LogP contribution in [0.5, 0.6) is 0 Å². The number of benzene rings is 1. The summed E-state index contributed by atoms with van der Waals surface area (Å²) in [6.45, 7) is 7.28. The van der Waals surface area contributed by atoms with Gasteiger partial charge in [-0.05, 0) is 32.0 Å². The summed E-state index contributed by atoms with van der Waals surface area (Å²) in [5.74, 6) is 1.48. The standard InChI is InChI=1S/C15H20ClN3O/c1-4-13(10(3)17-5-2)15-18-14(19-20-15)11-7-6-8-12(16)9-11/h6-10,13,17H,4-5H2,1-3H3. The predicted molar refractivity (Wildman–Crippen MR) is 80.9 cm³/mol. The Hall–Kier alpha value is -1.39. The van der Waals surface area contributed by atoms with E-state index in [2.05, 4.69) is 36.2 Å². The van der Waals surface area contributed by atoms with E-state index in [1.54, 1.807) is 0 Å². The minimum Gasteiger partial charge on any atom is -0.339 e. The maximum Gasteiger partial charge on any atom is 0.231 e. The molecule has 20 heavy (non-hydrogen) atoms. The molecule has 0 aliphatic carbocycles. The van der Waals surface area contributed by atoms with Gasteiger partial charge in [0.2, 0.25) is 11.7 Å². The van der Waals surface area contributed by atoms with E-state index in [4.69, 9.17) is 16.1 Å². The van der Waals surface area contributed by atoms with Crippen LogP contribution in [0.2, 0.25) is 5.02 Å². The topological polar surface area (TPSA) is 51.0 Å². The van der Waals surface area contributed by atoms with E-state index >= 15 is 0 Å². The Kier molecular flexibility index (Phi) is 5.15. The molecule has 0 amide bonds. The van der Waals surface area contributed by atoms with Gasteiger partial charge in [-0.1, -0.05) is 42.7 Å². The molecule has 2 atom stereocenters. The predicted octanol–water partition coefficient (Wildman–Crippen LogP) is 3.88. The maximum atomic E-state index is 5.99. The molecule has 2 unspecified atom stereocenters. The van der Waals surface area contributed by atoms with Gasteiger partial charge in [0.1, 0.15) is 0 Å². The highest BCUT2D eigenvalue weighted by molar-refractivity contribution is 6.30. The summed E-state index contributed by atoms with van der Waals surface area (Å²) in [7, 11) is 0. The molecule has 1 aromatic heterocycles. The number of hydrogen-bond acceptors (Lipinski definition) is 4. The van der Waals surface area contributed by atoms with Gasteiger partial charge in [-0.25, -0.2) is 0 Å². The zero-order valence-electron chi connectivity index (χ0n) is 12.1. The highest BCUT2D eigenvalue weighted by Crippen LogP contribution is 2.25. The van der Waals surface area contributed by atoms with Crippen molar-refractivity contribution in [3.8, 4) is 11.4 Å². The number of nitrogens with one attached hydrogen (secondary N) is 1. The van der Waals surface area contributed by atoms with E-state index in [-0.39, 0.29) is 5.92 Å². The van der Waals surface area contributed by atoms with Crippen LogP contribution in [-0.4, -0.2) is 22.7 Å². The first-order valence-corrected chi connectivity index (χ1v) is 7.36. The van der Waals surface area contributed by atoms with Gasteiger partial charge in [-0.15, -0.1) is 0 Å². The Bertz CT molecular complexity index is 556. The highest BCUT2D eigenvalue weighted by Gasteiger charge is 2.23. The van der Waals surface area contributed by atoms with Crippen molar-refractivity contribution in [2.75, 3.05) is 6.54 Å². The summed E-state index contributed by atoms with van der Waals surface area (Å²) in [5, 5.41) is 8.14. The van der Waals surface area contributed by atoms with E-state index in [1.807, 2.05) is 24.3 Å². The van der Waals surface area contributed by atoms with Crippen LogP contribution in [0.1, 0.15) is 39.0 Å². The van der Waals surface area contributed by atoms with E-state index in [0.717, 1.165) is 18.5 Å². The van der Waals surface area contributed by atoms with Crippen molar-refractivity contribution in [2.45, 2.75) is 39.2 Å². The molecule has 4 nitrogen and oxygen atoms in total. The third kappa shape index (κ3) is 3.38. The fourth-order valence-electron chi connectivity index (χ4n) is 2.34. The number of aromatic nitrogens is 2. The molecule has 0 spiro atoms. The lowest BCUT2D eigenvalue weighted by Gasteiger charge is -2.19. The summed E-state index contributed by atoms with van der Waals surface area (Å²) >= 11 is 5.99. The Balaban J connectivity index is 2.23. The van der Waals surface area contributed by atoms with Crippen LogP contribution in [0.4, 0.5) is 0 Å². The number of nitrogens with zero attached hydrogens (tertiary/aromatic N) is 2. The van der Waals surface area contributed by atoms with E-state index < -0.39 is 0 Å². The summed E-state index contributed by atoms with van der Waals surface area (Å²) in [5.41, 5.74) is 0.874. The zero-order valence-corrected chi connectivity index (χ0v) is 12.8. The molecule has 0 aliphatic heterocycles. The lowest BCUT2D eigenvalue weighted by Crippen LogP contribution is -2.31. The molecule has 1 aromatic carbocycles. The maximum absolute atomic E-state index is 5.99.